The van der Waals surface area contributed by atoms with Gasteiger partial charge in [0, 0.05) is 18.5 Å². The first-order valence-corrected chi connectivity index (χ1v) is 4.44. The largest absolute Gasteiger partial charge is 0.469 e. The average molecular weight is 169 g/mol. The number of methoxy groups -OCH3 is 1. The van der Waals surface area contributed by atoms with Gasteiger partial charge in [0.05, 0.1) is 13.0 Å². The summed E-state index contributed by atoms with van der Waals surface area (Å²) >= 11 is 0. The van der Waals surface area contributed by atoms with E-state index >= 15 is 0 Å². The highest BCUT2D eigenvalue weighted by Crippen LogP contribution is 2.52. The van der Waals surface area contributed by atoms with E-state index in [0.717, 1.165) is 19.5 Å². The molecule has 68 valence electrons. The maximum absolute atomic E-state index is 11.3. The lowest BCUT2D eigenvalue weighted by Crippen LogP contribution is -2.64. The predicted octanol–water partition coefficient (Wildman–Crippen LogP) is 0.501. The number of rotatable bonds is 1. The van der Waals surface area contributed by atoms with Crippen LogP contribution in [0.1, 0.15) is 12.8 Å². The van der Waals surface area contributed by atoms with Gasteiger partial charge < -0.3 is 9.64 Å². The second-order valence-corrected chi connectivity index (χ2v) is 4.15. The minimum absolute atomic E-state index is 0.00523. The number of nitrogens with zero attached hydrogens (tertiary/aromatic N) is 1. The van der Waals surface area contributed by atoms with Gasteiger partial charge in [-0.3, -0.25) is 4.79 Å². The number of hydrogen-bond donors (Lipinski definition) is 0. The molecule has 0 aromatic rings. The van der Waals surface area contributed by atoms with Gasteiger partial charge in [0.1, 0.15) is 0 Å². The maximum atomic E-state index is 11.3. The SMILES string of the molecule is COC(=O)C1CCC12CN(C)C2. The van der Waals surface area contributed by atoms with Gasteiger partial charge in [-0.2, -0.15) is 0 Å². The van der Waals surface area contributed by atoms with Crippen molar-refractivity contribution in [2.24, 2.45) is 11.3 Å². The van der Waals surface area contributed by atoms with Crippen molar-refractivity contribution >= 4 is 5.97 Å². The molecule has 12 heavy (non-hydrogen) atoms. The van der Waals surface area contributed by atoms with E-state index in [9.17, 15) is 4.79 Å². The summed E-state index contributed by atoms with van der Waals surface area (Å²) in [6.07, 6.45) is 2.23. The van der Waals surface area contributed by atoms with E-state index in [-0.39, 0.29) is 11.9 Å². The van der Waals surface area contributed by atoms with Crippen molar-refractivity contribution in [3.63, 3.8) is 0 Å². The molecule has 1 saturated heterocycles. The van der Waals surface area contributed by atoms with Crippen molar-refractivity contribution in [1.29, 1.82) is 0 Å². The third kappa shape index (κ3) is 0.891. The maximum Gasteiger partial charge on any atom is 0.309 e. The van der Waals surface area contributed by atoms with E-state index in [1.54, 1.807) is 0 Å². The topological polar surface area (TPSA) is 29.5 Å². The number of ether oxygens (including phenoxy) is 1. The van der Waals surface area contributed by atoms with Gasteiger partial charge in [-0.05, 0) is 19.9 Å². The molecule has 0 bridgehead atoms. The van der Waals surface area contributed by atoms with Crippen LogP contribution in [0.4, 0.5) is 0 Å². The number of carbonyl (C=O) groups is 1. The van der Waals surface area contributed by atoms with E-state index in [4.69, 9.17) is 4.74 Å². The lowest BCUT2D eigenvalue weighted by atomic mass is 9.56. The molecular formula is C9H15NO2. The molecule has 0 N–H and O–H groups in total. The molecule has 2 fully saturated rings. The number of esters is 1. The van der Waals surface area contributed by atoms with Crippen molar-refractivity contribution in [3.05, 3.63) is 0 Å². The molecule has 1 spiro atoms. The predicted molar refractivity (Wildman–Crippen MR) is 44.7 cm³/mol. The second-order valence-electron chi connectivity index (χ2n) is 4.15. The first-order valence-electron chi connectivity index (χ1n) is 4.44. The summed E-state index contributed by atoms with van der Waals surface area (Å²) in [6.45, 7) is 2.15. The molecule has 1 atom stereocenters. The molecular weight excluding hydrogens is 154 g/mol. The highest BCUT2D eigenvalue weighted by Gasteiger charge is 2.56. The van der Waals surface area contributed by atoms with Gasteiger partial charge in [0.2, 0.25) is 0 Å². The number of likely N-dealkylation sites (tertiary alicyclic amines) is 1. The molecule has 3 heteroatoms. The summed E-state index contributed by atoms with van der Waals surface area (Å²) in [5, 5.41) is 0. The Morgan fingerprint density at radius 2 is 2.25 bits per heavy atom. The molecule has 2 rings (SSSR count). The molecule has 1 aliphatic heterocycles. The van der Waals surface area contributed by atoms with E-state index in [1.165, 1.54) is 13.5 Å². The molecule has 2 aliphatic rings. The summed E-state index contributed by atoms with van der Waals surface area (Å²) < 4.78 is 4.76. The molecule has 1 unspecified atom stereocenters. The lowest BCUT2D eigenvalue weighted by molar-refractivity contribution is -0.172. The summed E-state index contributed by atoms with van der Waals surface area (Å²) in [4.78, 5) is 13.5. The van der Waals surface area contributed by atoms with Crippen LogP contribution >= 0.6 is 0 Å². The molecule has 0 aromatic carbocycles. The van der Waals surface area contributed by atoms with Crippen molar-refractivity contribution in [1.82, 2.24) is 4.90 Å². The van der Waals surface area contributed by atoms with Gasteiger partial charge in [-0.15, -0.1) is 0 Å². The van der Waals surface area contributed by atoms with Crippen molar-refractivity contribution in [2.45, 2.75) is 12.8 Å². The van der Waals surface area contributed by atoms with Crippen molar-refractivity contribution in [2.75, 3.05) is 27.2 Å². The summed E-state index contributed by atoms with van der Waals surface area (Å²) in [7, 11) is 3.58. The Labute approximate surface area is 72.7 Å². The fourth-order valence-corrected chi connectivity index (χ4v) is 2.61. The molecule has 1 heterocycles. The third-order valence-corrected chi connectivity index (χ3v) is 3.33. The van der Waals surface area contributed by atoms with Crippen LogP contribution in [-0.2, 0) is 9.53 Å². The highest BCUT2D eigenvalue weighted by atomic mass is 16.5. The first kappa shape index (κ1) is 8.05. The van der Waals surface area contributed by atoms with Gasteiger partial charge in [0.15, 0.2) is 0 Å². The van der Waals surface area contributed by atoms with E-state index in [1.807, 2.05) is 0 Å². The average Bonchev–Trinajstić information content (AvgIpc) is 1.95. The number of hydrogen-bond acceptors (Lipinski definition) is 3. The summed E-state index contributed by atoms with van der Waals surface area (Å²) in [6, 6.07) is 0. The Kier molecular flexibility index (Phi) is 1.65. The summed E-state index contributed by atoms with van der Waals surface area (Å²) in [5.41, 5.74) is 0.307. The van der Waals surface area contributed by atoms with Crippen LogP contribution in [0.2, 0.25) is 0 Å². The Morgan fingerprint density at radius 3 is 2.58 bits per heavy atom. The van der Waals surface area contributed by atoms with Crippen LogP contribution < -0.4 is 0 Å². The van der Waals surface area contributed by atoms with E-state index in [2.05, 4.69) is 11.9 Å². The van der Waals surface area contributed by atoms with Crippen LogP contribution in [0.5, 0.6) is 0 Å². The van der Waals surface area contributed by atoms with Gasteiger partial charge in [0.25, 0.3) is 0 Å². The Balaban J connectivity index is 1.98. The van der Waals surface area contributed by atoms with Gasteiger partial charge in [-0.1, -0.05) is 0 Å². The second kappa shape index (κ2) is 2.46. The Hall–Kier alpha value is -0.570. The van der Waals surface area contributed by atoms with Crippen LogP contribution in [0.25, 0.3) is 0 Å². The fourth-order valence-electron chi connectivity index (χ4n) is 2.61. The Morgan fingerprint density at radius 1 is 1.58 bits per heavy atom. The van der Waals surface area contributed by atoms with Crippen LogP contribution in [0.3, 0.4) is 0 Å². The first-order chi connectivity index (χ1) is 5.68. The van der Waals surface area contributed by atoms with Crippen molar-refractivity contribution < 1.29 is 9.53 Å². The molecule has 0 aromatic heterocycles. The van der Waals surface area contributed by atoms with Crippen molar-refractivity contribution in [3.8, 4) is 0 Å². The molecule has 3 nitrogen and oxygen atoms in total. The zero-order valence-electron chi connectivity index (χ0n) is 7.67. The molecule has 1 saturated carbocycles. The minimum atomic E-state index is -0.00523. The van der Waals surface area contributed by atoms with Crippen LogP contribution in [-0.4, -0.2) is 38.1 Å². The minimum Gasteiger partial charge on any atom is -0.469 e. The lowest BCUT2D eigenvalue weighted by Gasteiger charge is -2.58. The van der Waals surface area contributed by atoms with Gasteiger partial charge >= 0.3 is 5.97 Å². The standard InChI is InChI=1S/C9H15NO2/c1-10-5-9(6-10)4-3-7(9)8(11)12-2/h7H,3-6H2,1-2H3. The number of carbonyl (C=O) groups excluding carboxylic acids is 1. The monoisotopic (exact) mass is 169 g/mol. The third-order valence-electron chi connectivity index (χ3n) is 3.33. The van der Waals surface area contributed by atoms with Crippen LogP contribution in [0.15, 0.2) is 0 Å². The normalized spacial score (nSPS) is 32.3. The molecule has 1 aliphatic carbocycles. The zero-order chi connectivity index (χ0) is 8.77. The molecule has 0 amide bonds. The van der Waals surface area contributed by atoms with E-state index in [0.29, 0.717) is 5.41 Å². The highest BCUT2D eigenvalue weighted by molar-refractivity contribution is 5.74. The smallest absolute Gasteiger partial charge is 0.309 e. The van der Waals surface area contributed by atoms with Crippen LogP contribution in [0, 0.1) is 11.3 Å². The Bertz CT molecular complexity index is 209. The molecule has 0 radical (unpaired) electrons. The summed E-state index contributed by atoms with van der Waals surface area (Å²) in [5.74, 6) is 0.188. The quantitative estimate of drug-likeness (QED) is 0.535. The van der Waals surface area contributed by atoms with Gasteiger partial charge in [-0.25, -0.2) is 0 Å². The van der Waals surface area contributed by atoms with E-state index < -0.39 is 0 Å². The zero-order valence-corrected chi connectivity index (χ0v) is 7.67. The fraction of sp³-hybridized carbons (Fsp3) is 0.889.